The van der Waals surface area contributed by atoms with E-state index in [9.17, 15) is 4.39 Å². The zero-order valence-corrected chi connectivity index (χ0v) is 13.4. The number of halogens is 1. The highest BCUT2D eigenvalue weighted by Crippen LogP contribution is 2.20. The Labute approximate surface area is 135 Å². The van der Waals surface area contributed by atoms with E-state index in [-0.39, 0.29) is 11.9 Å². The summed E-state index contributed by atoms with van der Waals surface area (Å²) in [5.41, 5.74) is 1.74. The van der Waals surface area contributed by atoms with Crippen molar-refractivity contribution in [2.24, 2.45) is 0 Å². The number of benzene rings is 2. The first-order valence-corrected chi connectivity index (χ1v) is 7.50. The number of anilines is 1. The number of methoxy groups -OCH3 is 1. The van der Waals surface area contributed by atoms with E-state index in [4.69, 9.17) is 17.0 Å². The molecule has 0 aliphatic heterocycles. The van der Waals surface area contributed by atoms with Gasteiger partial charge in [-0.2, -0.15) is 0 Å². The number of thiocarbonyl (C=S) groups is 1. The van der Waals surface area contributed by atoms with Crippen LogP contribution in [0.4, 0.5) is 10.1 Å². The van der Waals surface area contributed by atoms with E-state index in [1.54, 1.807) is 19.2 Å². The Morgan fingerprint density at radius 1 is 1.23 bits per heavy atom. The van der Waals surface area contributed by atoms with E-state index < -0.39 is 0 Å². The second-order valence-corrected chi connectivity index (χ2v) is 5.25. The Balaban J connectivity index is 2.01. The van der Waals surface area contributed by atoms with Crippen molar-refractivity contribution < 1.29 is 9.13 Å². The number of rotatable bonds is 5. The lowest BCUT2D eigenvalue weighted by Gasteiger charge is -2.20. The molecule has 0 aliphatic carbocycles. The predicted octanol–water partition coefficient (Wildman–Crippen LogP) is 4.27. The molecule has 0 bridgehead atoms. The Kier molecular flexibility index (Phi) is 5.72. The van der Waals surface area contributed by atoms with Gasteiger partial charge in [-0.15, -0.1) is 0 Å². The Morgan fingerprint density at radius 2 is 1.95 bits per heavy atom. The summed E-state index contributed by atoms with van der Waals surface area (Å²) in [6, 6.07) is 14.1. The van der Waals surface area contributed by atoms with E-state index in [1.165, 1.54) is 12.1 Å². The quantitative estimate of drug-likeness (QED) is 0.807. The molecule has 2 aromatic carbocycles. The van der Waals surface area contributed by atoms with Crippen LogP contribution in [0.15, 0.2) is 48.5 Å². The van der Waals surface area contributed by atoms with Crippen molar-refractivity contribution >= 4 is 23.0 Å². The third-order valence-electron chi connectivity index (χ3n) is 3.31. The maximum absolute atomic E-state index is 13.2. The molecule has 0 saturated carbocycles. The Hall–Kier alpha value is -2.14. The zero-order valence-electron chi connectivity index (χ0n) is 12.6. The summed E-state index contributed by atoms with van der Waals surface area (Å²) in [6.45, 7) is 2.08. The fraction of sp³-hybridized carbons (Fsp3) is 0.235. The third kappa shape index (κ3) is 4.43. The smallest absolute Gasteiger partial charge is 0.171 e. The van der Waals surface area contributed by atoms with Crippen LogP contribution in [-0.2, 0) is 0 Å². The summed E-state index contributed by atoms with van der Waals surface area (Å²) in [7, 11) is 1.64. The lowest BCUT2D eigenvalue weighted by molar-refractivity contribution is 0.414. The summed E-state index contributed by atoms with van der Waals surface area (Å²) in [5, 5.41) is 6.71. The first-order valence-electron chi connectivity index (χ1n) is 7.09. The van der Waals surface area contributed by atoms with Crippen molar-refractivity contribution in [2.45, 2.75) is 19.4 Å². The van der Waals surface area contributed by atoms with Crippen molar-refractivity contribution in [1.29, 1.82) is 0 Å². The van der Waals surface area contributed by atoms with E-state index in [1.807, 2.05) is 24.3 Å². The van der Waals surface area contributed by atoms with Crippen LogP contribution in [0.2, 0.25) is 0 Å². The molecule has 0 heterocycles. The summed E-state index contributed by atoms with van der Waals surface area (Å²) >= 11 is 5.30. The van der Waals surface area contributed by atoms with Gasteiger partial charge in [-0.05, 0) is 54.5 Å². The maximum atomic E-state index is 13.2. The SMILES string of the molecule is CC[C@H](NC(=S)Nc1cccc(F)c1)c1ccc(OC)cc1. The molecule has 22 heavy (non-hydrogen) atoms. The van der Waals surface area contributed by atoms with Gasteiger partial charge in [0.1, 0.15) is 11.6 Å². The molecule has 2 rings (SSSR count). The predicted molar refractivity (Wildman–Crippen MR) is 91.8 cm³/mol. The average molecular weight is 318 g/mol. The van der Waals surface area contributed by atoms with E-state index in [2.05, 4.69) is 17.6 Å². The van der Waals surface area contributed by atoms with Crippen LogP contribution in [0.1, 0.15) is 24.9 Å². The molecule has 0 unspecified atom stereocenters. The molecule has 0 saturated heterocycles. The molecule has 0 spiro atoms. The van der Waals surface area contributed by atoms with Gasteiger partial charge >= 0.3 is 0 Å². The fourth-order valence-corrected chi connectivity index (χ4v) is 2.41. The summed E-state index contributed by atoms with van der Waals surface area (Å²) < 4.78 is 18.3. The summed E-state index contributed by atoms with van der Waals surface area (Å²) in [6.07, 6.45) is 0.872. The molecular weight excluding hydrogens is 299 g/mol. The molecule has 0 amide bonds. The highest BCUT2D eigenvalue weighted by atomic mass is 32.1. The summed E-state index contributed by atoms with van der Waals surface area (Å²) in [5.74, 6) is 0.522. The molecule has 2 aromatic rings. The Morgan fingerprint density at radius 3 is 2.55 bits per heavy atom. The monoisotopic (exact) mass is 318 g/mol. The van der Waals surface area contributed by atoms with Gasteiger partial charge in [-0.3, -0.25) is 0 Å². The van der Waals surface area contributed by atoms with Gasteiger partial charge < -0.3 is 15.4 Å². The van der Waals surface area contributed by atoms with Crippen LogP contribution in [-0.4, -0.2) is 12.2 Å². The topological polar surface area (TPSA) is 33.3 Å². The molecular formula is C17H19FN2OS. The molecule has 3 nitrogen and oxygen atoms in total. The molecule has 116 valence electrons. The standard InChI is InChI=1S/C17H19FN2OS/c1-3-16(12-7-9-15(21-2)10-8-12)20-17(22)19-14-6-4-5-13(18)11-14/h4-11,16H,3H2,1-2H3,(H2,19,20,22)/t16-/m0/s1. The van der Waals surface area contributed by atoms with Gasteiger partial charge in [0.15, 0.2) is 5.11 Å². The second kappa shape index (κ2) is 7.75. The summed E-state index contributed by atoms with van der Waals surface area (Å²) in [4.78, 5) is 0. The van der Waals surface area contributed by atoms with Gasteiger partial charge in [0, 0.05) is 5.69 Å². The van der Waals surface area contributed by atoms with Gasteiger partial charge in [0.05, 0.1) is 13.2 Å². The van der Waals surface area contributed by atoms with Gasteiger partial charge in [-0.1, -0.05) is 25.1 Å². The van der Waals surface area contributed by atoms with Gasteiger partial charge in [-0.25, -0.2) is 4.39 Å². The number of hydrogen-bond acceptors (Lipinski definition) is 2. The first kappa shape index (κ1) is 16.2. The van der Waals surface area contributed by atoms with Crippen molar-refractivity contribution in [3.05, 3.63) is 59.9 Å². The minimum atomic E-state index is -0.296. The molecule has 2 N–H and O–H groups in total. The lowest BCUT2D eigenvalue weighted by Crippen LogP contribution is -2.32. The number of nitrogens with one attached hydrogen (secondary N) is 2. The highest BCUT2D eigenvalue weighted by molar-refractivity contribution is 7.80. The second-order valence-electron chi connectivity index (χ2n) is 4.84. The van der Waals surface area contributed by atoms with Crippen LogP contribution in [0.5, 0.6) is 5.75 Å². The first-order chi connectivity index (χ1) is 10.6. The lowest BCUT2D eigenvalue weighted by atomic mass is 10.0. The van der Waals surface area contributed by atoms with Crippen LogP contribution >= 0.6 is 12.2 Å². The highest BCUT2D eigenvalue weighted by Gasteiger charge is 2.11. The van der Waals surface area contributed by atoms with Crippen molar-refractivity contribution in [3.63, 3.8) is 0 Å². The molecule has 0 aliphatic rings. The van der Waals surface area contributed by atoms with E-state index in [0.717, 1.165) is 17.7 Å². The largest absolute Gasteiger partial charge is 0.497 e. The zero-order chi connectivity index (χ0) is 15.9. The molecule has 5 heteroatoms. The minimum absolute atomic E-state index is 0.0828. The van der Waals surface area contributed by atoms with Crippen LogP contribution < -0.4 is 15.4 Å². The minimum Gasteiger partial charge on any atom is -0.497 e. The van der Waals surface area contributed by atoms with Crippen molar-refractivity contribution in [1.82, 2.24) is 5.32 Å². The molecule has 0 aromatic heterocycles. The number of ether oxygens (including phenoxy) is 1. The molecule has 1 atom stereocenters. The molecule has 0 fully saturated rings. The normalized spacial score (nSPS) is 11.6. The fourth-order valence-electron chi connectivity index (χ4n) is 2.15. The van der Waals surface area contributed by atoms with Gasteiger partial charge in [0.25, 0.3) is 0 Å². The average Bonchev–Trinajstić information content (AvgIpc) is 2.53. The number of hydrogen-bond donors (Lipinski definition) is 2. The van der Waals surface area contributed by atoms with Crippen LogP contribution in [0.25, 0.3) is 0 Å². The Bertz CT molecular complexity index is 631. The van der Waals surface area contributed by atoms with Crippen LogP contribution in [0, 0.1) is 5.82 Å². The molecule has 0 radical (unpaired) electrons. The van der Waals surface area contributed by atoms with Crippen LogP contribution in [0.3, 0.4) is 0 Å². The maximum Gasteiger partial charge on any atom is 0.171 e. The van der Waals surface area contributed by atoms with Gasteiger partial charge in [0.2, 0.25) is 0 Å². The van der Waals surface area contributed by atoms with Crippen molar-refractivity contribution in [2.75, 3.05) is 12.4 Å². The van der Waals surface area contributed by atoms with E-state index in [0.29, 0.717) is 10.8 Å². The third-order valence-corrected chi connectivity index (χ3v) is 3.53. The van der Waals surface area contributed by atoms with E-state index >= 15 is 0 Å². The van der Waals surface area contributed by atoms with Crippen molar-refractivity contribution in [3.8, 4) is 5.75 Å².